The molecule has 2 fully saturated rings. The lowest BCUT2D eigenvalue weighted by atomic mass is 9.89. The first-order valence-electron chi connectivity index (χ1n) is 8.86. The van der Waals surface area contributed by atoms with Gasteiger partial charge >= 0.3 is 6.03 Å². The summed E-state index contributed by atoms with van der Waals surface area (Å²) in [6, 6.07) is 4.71. The molecule has 23 heavy (non-hydrogen) atoms. The predicted octanol–water partition coefficient (Wildman–Crippen LogP) is 5.12. The van der Waals surface area contributed by atoms with Crippen molar-refractivity contribution in [3.63, 3.8) is 0 Å². The highest BCUT2D eigenvalue weighted by Gasteiger charge is 2.32. The number of nitrogens with zero attached hydrogens (tertiary/aromatic N) is 2. The van der Waals surface area contributed by atoms with Gasteiger partial charge in [0.05, 0.1) is 10.6 Å². The molecule has 1 N–H and O–H groups in total. The second kappa shape index (κ2) is 7.83. The molecule has 124 valence electrons. The van der Waals surface area contributed by atoms with Gasteiger partial charge in [0, 0.05) is 17.5 Å². The normalized spacial score (nSPS) is 20.0. The summed E-state index contributed by atoms with van der Waals surface area (Å²) in [5.41, 5.74) is 0.618. The average Bonchev–Trinajstić information content (AvgIpc) is 3.04. The van der Waals surface area contributed by atoms with Gasteiger partial charge in [0.1, 0.15) is 6.07 Å². The molecule has 0 atom stereocenters. The van der Waals surface area contributed by atoms with E-state index in [1.165, 1.54) is 49.9 Å². The zero-order valence-corrected chi connectivity index (χ0v) is 14.4. The molecule has 3 rings (SSSR count). The Morgan fingerprint density at radius 3 is 2.13 bits per heavy atom. The van der Waals surface area contributed by atoms with Crippen LogP contribution in [0, 0.1) is 11.3 Å². The highest BCUT2D eigenvalue weighted by Crippen LogP contribution is 2.31. The second-order valence-corrected chi connectivity index (χ2v) is 7.64. The molecule has 0 aliphatic heterocycles. The molecule has 1 aromatic rings. The minimum absolute atomic E-state index is 0.0372. The quantitative estimate of drug-likeness (QED) is 0.836. The molecule has 2 amide bonds. The highest BCUT2D eigenvalue weighted by atomic mass is 32.1. The van der Waals surface area contributed by atoms with Crippen LogP contribution in [-0.4, -0.2) is 23.0 Å². The van der Waals surface area contributed by atoms with E-state index in [9.17, 15) is 4.79 Å². The summed E-state index contributed by atoms with van der Waals surface area (Å²) in [5, 5.41) is 14.6. The Morgan fingerprint density at radius 2 is 1.65 bits per heavy atom. The molecule has 2 saturated carbocycles. The van der Waals surface area contributed by atoms with E-state index >= 15 is 0 Å². The molecule has 0 saturated heterocycles. The fraction of sp³-hybridized carbons (Fsp3) is 0.667. The fourth-order valence-electron chi connectivity index (χ4n) is 3.98. The Morgan fingerprint density at radius 1 is 1.09 bits per heavy atom. The molecule has 0 radical (unpaired) electrons. The number of thiophene rings is 1. The van der Waals surface area contributed by atoms with Crippen LogP contribution in [0.2, 0.25) is 0 Å². The summed E-state index contributed by atoms with van der Waals surface area (Å²) in [7, 11) is 0. The Hall–Kier alpha value is -1.54. The van der Waals surface area contributed by atoms with E-state index in [-0.39, 0.29) is 6.03 Å². The largest absolute Gasteiger partial charge is 0.322 e. The van der Waals surface area contributed by atoms with E-state index in [0.29, 0.717) is 17.6 Å². The van der Waals surface area contributed by atoms with Crippen LogP contribution < -0.4 is 5.32 Å². The lowest BCUT2D eigenvalue weighted by Crippen LogP contribution is -2.50. The molecule has 0 unspecified atom stereocenters. The minimum atomic E-state index is 0.0372. The van der Waals surface area contributed by atoms with E-state index in [2.05, 4.69) is 16.3 Å². The van der Waals surface area contributed by atoms with E-state index in [0.717, 1.165) is 30.7 Å². The number of amides is 2. The topological polar surface area (TPSA) is 56.1 Å². The van der Waals surface area contributed by atoms with Crippen LogP contribution in [0.25, 0.3) is 0 Å². The third-order valence-electron chi connectivity index (χ3n) is 5.13. The monoisotopic (exact) mass is 331 g/mol. The van der Waals surface area contributed by atoms with E-state index in [4.69, 9.17) is 5.26 Å². The van der Waals surface area contributed by atoms with Gasteiger partial charge in [0.15, 0.2) is 0 Å². The Balaban J connectivity index is 1.72. The second-order valence-electron chi connectivity index (χ2n) is 6.73. The minimum Gasteiger partial charge on any atom is -0.319 e. The van der Waals surface area contributed by atoms with Crippen molar-refractivity contribution in [2.24, 2.45) is 0 Å². The summed E-state index contributed by atoms with van der Waals surface area (Å²) in [6.07, 6.45) is 12.1. The van der Waals surface area contributed by atoms with Crippen LogP contribution in [0.3, 0.4) is 0 Å². The van der Waals surface area contributed by atoms with Gasteiger partial charge in [-0.15, -0.1) is 11.3 Å². The number of carbonyl (C=O) groups is 1. The first-order valence-corrected chi connectivity index (χ1v) is 9.74. The first-order chi connectivity index (χ1) is 11.3. The number of hydrogen-bond acceptors (Lipinski definition) is 3. The number of rotatable bonds is 3. The highest BCUT2D eigenvalue weighted by molar-refractivity contribution is 7.14. The molecular formula is C18H25N3OS. The average molecular weight is 331 g/mol. The maximum Gasteiger partial charge on any atom is 0.322 e. The van der Waals surface area contributed by atoms with Gasteiger partial charge in [0.2, 0.25) is 0 Å². The number of hydrogen-bond donors (Lipinski definition) is 1. The van der Waals surface area contributed by atoms with Crippen LogP contribution in [0.5, 0.6) is 0 Å². The molecule has 0 bridgehead atoms. The van der Waals surface area contributed by atoms with E-state index < -0.39 is 0 Å². The molecule has 1 aromatic heterocycles. The van der Waals surface area contributed by atoms with Crippen molar-refractivity contribution in [2.75, 3.05) is 5.32 Å². The van der Waals surface area contributed by atoms with Gasteiger partial charge in [0.25, 0.3) is 0 Å². The maximum atomic E-state index is 12.9. The predicted molar refractivity (Wildman–Crippen MR) is 93.6 cm³/mol. The zero-order chi connectivity index (χ0) is 16.1. The van der Waals surface area contributed by atoms with Crippen molar-refractivity contribution in [3.05, 3.63) is 17.0 Å². The smallest absolute Gasteiger partial charge is 0.319 e. The summed E-state index contributed by atoms with van der Waals surface area (Å²) in [6.45, 7) is 0. The summed E-state index contributed by atoms with van der Waals surface area (Å²) >= 11 is 1.43. The third-order valence-corrected chi connectivity index (χ3v) is 5.98. The number of urea groups is 1. The zero-order valence-electron chi connectivity index (χ0n) is 13.6. The molecule has 0 aromatic carbocycles. The van der Waals surface area contributed by atoms with Crippen molar-refractivity contribution in [1.29, 1.82) is 5.26 Å². The van der Waals surface area contributed by atoms with Gasteiger partial charge in [-0.1, -0.05) is 38.5 Å². The van der Waals surface area contributed by atoms with Gasteiger partial charge in [-0.3, -0.25) is 5.32 Å². The molecule has 5 heteroatoms. The van der Waals surface area contributed by atoms with E-state index in [1.54, 1.807) is 11.4 Å². The van der Waals surface area contributed by atoms with Crippen molar-refractivity contribution in [3.8, 4) is 6.07 Å². The van der Waals surface area contributed by atoms with Crippen LogP contribution in [0.15, 0.2) is 11.4 Å². The molecule has 2 aliphatic carbocycles. The van der Waals surface area contributed by atoms with Crippen LogP contribution in [0.1, 0.15) is 69.8 Å². The van der Waals surface area contributed by atoms with Crippen LogP contribution in [-0.2, 0) is 0 Å². The van der Waals surface area contributed by atoms with E-state index in [1.807, 2.05) is 0 Å². The first kappa shape index (κ1) is 16.3. The number of nitriles is 1. The lowest BCUT2D eigenvalue weighted by Gasteiger charge is -2.41. The van der Waals surface area contributed by atoms with Crippen molar-refractivity contribution >= 4 is 22.4 Å². The standard InChI is InChI=1S/C18H25N3OS/c19-12-14-11-17(23-13-14)20-18(22)21(15-7-3-1-4-8-15)16-9-5-2-6-10-16/h11,13,15-16H,1-10H2,(H,20,22). The lowest BCUT2D eigenvalue weighted by molar-refractivity contribution is 0.114. The molecule has 4 nitrogen and oxygen atoms in total. The van der Waals surface area contributed by atoms with Crippen LogP contribution >= 0.6 is 11.3 Å². The van der Waals surface area contributed by atoms with Crippen molar-refractivity contribution in [1.82, 2.24) is 4.90 Å². The maximum absolute atomic E-state index is 12.9. The fourth-order valence-corrected chi connectivity index (χ4v) is 4.69. The summed E-state index contributed by atoms with van der Waals surface area (Å²) in [5.74, 6) is 0. The molecule has 1 heterocycles. The molecular weight excluding hydrogens is 306 g/mol. The number of nitrogens with one attached hydrogen (secondary N) is 1. The van der Waals surface area contributed by atoms with Gasteiger partial charge in [-0.2, -0.15) is 5.26 Å². The van der Waals surface area contributed by atoms with Crippen LogP contribution in [0.4, 0.5) is 9.80 Å². The SMILES string of the molecule is N#Cc1csc(NC(=O)N(C2CCCCC2)C2CCCCC2)c1. The Labute approximate surface area is 142 Å². The molecule has 2 aliphatic rings. The Bertz CT molecular complexity index is 547. The Kier molecular flexibility index (Phi) is 5.56. The number of anilines is 1. The van der Waals surface area contributed by atoms with Crippen molar-refractivity contribution in [2.45, 2.75) is 76.3 Å². The summed E-state index contributed by atoms with van der Waals surface area (Å²) in [4.78, 5) is 15.1. The molecule has 0 spiro atoms. The summed E-state index contributed by atoms with van der Waals surface area (Å²) < 4.78 is 0. The van der Waals surface area contributed by atoms with Crippen molar-refractivity contribution < 1.29 is 4.79 Å². The van der Waals surface area contributed by atoms with Gasteiger partial charge < -0.3 is 4.90 Å². The van der Waals surface area contributed by atoms with Gasteiger partial charge in [-0.25, -0.2) is 4.79 Å². The third kappa shape index (κ3) is 4.06. The van der Waals surface area contributed by atoms with Gasteiger partial charge in [-0.05, 0) is 31.7 Å². The number of carbonyl (C=O) groups excluding carboxylic acids is 1.